The molecule has 0 bridgehead atoms. The highest BCUT2D eigenvalue weighted by atomic mass is 19.4. The molecule has 0 amide bonds. The monoisotopic (exact) mass is 416 g/mol. The summed E-state index contributed by atoms with van der Waals surface area (Å²) >= 11 is 0. The van der Waals surface area contributed by atoms with Crippen LogP contribution in [0.5, 0.6) is 11.5 Å². The van der Waals surface area contributed by atoms with Gasteiger partial charge in [-0.1, -0.05) is 12.1 Å². The maximum atomic E-state index is 12.8. The molecule has 0 aliphatic heterocycles. The van der Waals surface area contributed by atoms with Gasteiger partial charge >= 0.3 is 6.18 Å². The van der Waals surface area contributed by atoms with Crippen LogP contribution in [0, 0.1) is 0 Å². The number of benzene rings is 2. The number of nitrogens with zero attached hydrogens (tertiary/aromatic N) is 1. The first-order valence-corrected chi connectivity index (χ1v) is 8.90. The van der Waals surface area contributed by atoms with Crippen molar-refractivity contribution in [1.29, 1.82) is 0 Å². The lowest BCUT2D eigenvalue weighted by Gasteiger charge is -2.09. The Labute approximate surface area is 167 Å². The van der Waals surface area contributed by atoms with Gasteiger partial charge in [-0.25, -0.2) is 0 Å². The third kappa shape index (κ3) is 3.86. The number of nitrogens with one attached hydrogen (secondary N) is 1. The molecule has 0 aliphatic rings. The quantitative estimate of drug-likeness (QED) is 0.499. The minimum atomic E-state index is -4.53. The smallest absolute Gasteiger partial charge is 0.435 e. The van der Waals surface area contributed by atoms with Gasteiger partial charge < -0.3 is 14.3 Å². The van der Waals surface area contributed by atoms with Crippen molar-refractivity contribution < 1.29 is 27.4 Å². The summed E-state index contributed by atoms with van der Waals surface area (Å²) in [7, 11) is 0. The van der Waals surface area contributed by atoms with E-state index in [1.807, 2.05) is 0 Å². The molecule has 4 aromatic rings. The standard InChI is InChI=1S/C21H15F3N2O4/c22-21(23,24)20-13(10-25-26-20)7-8-29-15-5-6-16-18(9-15)30-11-17(19(16)28)12-1-3-14(27)4-2-12/h1-6,9-11,27H,7-8H2,(H,25,26). The SMILES string of the molecule is O=c1c(-c2ccc(O)cc2)coc2cc(OCCc3c[nH]nc3C(F)(F)F)ccc12. The molecule has 2 aromatic heterocycles. The Bertz CT molecular complexity index is 1240. The van der Waals surface area contributed by atoms with Crippen LogP contribution in [0.25, 0.3) is 22.1 Å². The van der Waals surface area contributed by atoms with Gasteiger partial charge in [-0.15, -0.1) is 0 Å². The molecule has 0 atom stereocenters. The zero-order chi connectivity index (χ0) is 21.3. The average molecular weight is 416 g/mol. The van der Waals surface area contributed by atoms with E-state index in [0.29, 0.717) is 27.8 Å². The molecule has 6 nitrogen and oxygen atoms in total. The summed E-state index contributed by atoms with van der Waals surface area (Å²) in [5.41, 5.74) is 0.0342. The Morgan fingerprint density at radius 1 is 1.13 bits per heavy atom. The Kier molecular flexibility index (Phi) is 4.94. The Morgan fingerprint density at radius 3 is 2.63 bits per heavy atom. The van der Waals surface area contributed by atoms with Crippen LogP contribution < -0.4 is 10.2 Å². The van der Waals surface area contributed by atoms with E-state index >= 15 is 0 Å². The van der Waals surface area contributed by atoms with Crippen molar-refractivity contribution in [3.63, 3.8) is 0 Å². The lowest BCUT2D eigenvalue weighted by molar-refractivity contribution is -0.141. The van der Waals surface area contributed by atoms with E-state index in [0.717, 1.165) is 0 Å². The molecule has 0 unspecified atom stereocenters. The number of halogens is 3. The van der Waals surface area contributed by atoms with E-state index in [9.17, 15) is 23.1 Å². The van der Waals surface area contributed by atoms with Gasteiger partial charge in [-0.3, -0.25) is 9.89 Å². The van der Waals surface area contributed by atoms with E-state index in [4.69, 9.17) is 9.15 Å². The summed E-state index contributed by atoms with van der Waals surface area (Å²) in [5.74, 6) is 0.448. The van der Waals surface area contributed by atoms with Crippen LogP contribution in [0.2, 0.25) is 0 Å². The fraction of sp³-hybridized carbons (Fsp3) is 0.143. The number of aromatic hydroxyl groups is 1. The van der Waals surface area contributed by atoms with Gasteiger partial charge in [0.25, 0.3) is 0 Å². The summed E-state index contributed by atoms with van der Waals surface area (Å²) in [6.45, 7) is -0.00998. The summed E-state index contributed by atoms with van der Waals surface area (Å²) in [6, 6.07) is 10.8. The number of aromatic nitrogens is 2. The molecule has 0 radical (unpaired) electrons. The molecule has 0 saturated heterocycles. The van der Waals surface area contributed by atoms with E-state index in [-0.39, 0.29) is 29.8 Å². The Hall–Kier alpha value is -3.75. The molecule has 0 saturated carbocycles. The number of aromatic amines is 1. The van der Waals surface area contributed by atoms with Gasteiger partial charge in [0.1, 0.15) is 23.3 Å². The highest BCUT2D eigenvalue weighted by molar-refractivity contribution is 5.82. The van der Waals surface area contributed by atoms with Crippen molar-refractivity contribution >= 4 is 11.0 Å². The molecule has 0 aliphatic carbocycles. The highest BCUT2D eigenvalue weighted by Gasteiger charge is 2.36. The lowest BCUT2D eigenvalue weighted by atomic mass is 10.1. The molecule has 9 heteroatoms. The number of phenolic OH excluding ortho intramolecular Hbond substituents is 1. The van der Waals surface area contributed by atoms with Crippen molar-refractivity contribution in [3.05, 3.63) is 76.4 Å². The first-order chi connectivity index (χ1) is 14.3. The van der Waals surface area contributed by atoms with Crippen LogP contribution >= 0.6 is 0 Å². The molecule has 2 heterocycles. The van der Waals surface area contributed by atoms with Gasteiger partial charge in [-0.2, -0.15) is 18.3 Å². The van der Waals surface area contributed by atoms with Crippen LogP contribution in [0.15, 0.2) is 64.1 Å². The van der Waals surface area contributed by atoms with Crippen molar-refractivity contribution in [2.45, 2.75) is 12.6 Å². The van der Waals surface area contributed by atoms with Crippen LogP contribution in [0.3, 0.4) is 0 Å². The van der Waals surface area contributed by atoms with Crippen LogP contribution in [0.4, 0.5) is 13.2 Å². The molecular formula is C21H15F3N2O4. The van der Waals surface area contributed by atoms with Crippen molar-refractivity contribution in [2.24, 2.45) is 0 Å². The van der Waals surface area contributed by atoms with Gasteiger partial charge in [0.05, 0.1) is 17.6 Å². The molecule has 154 valence electrons. The second-order valence-electron chi connectivity index (χ2n) is 6.54. The summed E-state index contributed by atoms with van der Waals surface area (Å²) in [4.78, 5) is 12.7. The van der Waals surface area contributed by atoms with Crippen molar-refractivity contribution in [3.8, 4) is 22.6 Å². The first-order valence-electron chi connectivity index (χ1n) is 8.90. The number of hydrogen-bond acceptors (Lipinski definition) is 5. The second-order valence-corrected chi connectivity index (χ2v) is 6.54. The van der Waals surface area contributed by atoms with Gasteiger partial charge in [0.2, 0.25) is 0 Å². The molecule has 0 spiro atoms. The fourth-order valence-corrected chi connectivity index (χ4v) is 3.07. The third-order valence-electron chi connectivity index (χ3n) is 4.55. The fourth-order valence-electron chi connectivity index (χ4n) is 3.07. The molecule has 2 N–H and O–H groups in total. The number of hydrogen-bond donors (Lipinski definition) is 2. The van der Waals surface area contributed by atoms with Crippen LogP contribution in [-0.4, -0.2) is 21.9 Å². The molecule has 0 fully saturated rings. The van der Waals surface area contributed by atoms with E-state index < -0.39 is 11.9 Å². The van der Waals surface area contributed by atoms with E-state index in [1.165, 1.54) is 30.7 Å². The lowest BCUT2D eigenvalue weighted by Crippen LogP contribution is -2.11. The van der Waals surface area contributed by atoms with E-state index in [1.54, 1.807) is 24.3 Å². The maximum absolute atomic E-state index is 12.8. The van der Waals surface area contributed by atoms with Gasteiger partial charge in [-0.05, 0) is 29.8 Å². The van der Waals surface area contributed by atoms with E-state index in [2.05, 4.69) is 10.2 Å². The zero-order valence-corrected chi connectivity index (χ0v) is 15.4. The summed E-state index contributed by atoms with van der Waals surface area (Å²) < 4.78 is 49.6. The number of alkyl halides is 3. The number of rotatable bonds is 5. The molecular weight excluding hydrogens is 401 g/mol. The number of H-pyrrole nitrogens is 1. The largest absolute Gasteiger partial charge is 0.508 e. The number of ether oxygens (including phenoxy) is 1. The average Bonchev–Trinajstić information content (AvgIpc) is 3.18. The third-order valence-corrected chi connectivity index (χ3v) is 4.55. The summed E-state index contributed by atoms with van der Waals surface area (Å²) in [6.07, 6.45) is -2.01. The second kappa shape index (κ2) is 7.58. The summed E-state index contributed by atoms with van der Waals surface area (Å²) in [5, 5.41) is 15.2. The minimum Gasteiger partial charge on any atom is -0.508 e. The number of fused-ring (bicyclic) bond motifs is 1. The topological polar surface area (TPSA) is 88.4 Å². The first kappa shape index (κ1) is 19.6. The zero-order valence-electron chi connectivity index (χ0n) is 15.4. The van der Waals surface area contributed by atoms with Crippen LogP contribution in [0.1, 0.15) is 11.3 Å². The predicted octanol–water partition coefficient (Wildman–Crippen LogP) is 4.53. The normalized spacial score (nSPS) is 11.7. The maximum Gasteiger partial charge on any atom is 0.435 e. The predicted molar refractivity (Wildman–Crippen MR) is 102 cm³/mol. The van der Waals surface area contributed by atoms with Crippen LogP contribution in [-0.2, 0) is 12.6 Å². The van der Waals surface area contributed by atoms with Gasteiger partial charge in [0, 0.05) is 24.2 Å². The van der Waals surface area contributed by atoms with Crippen molar-refractivity contribution in [2.75, 3.05) is 6.61 Å². The van der Waals surface area contributed by atoms with Crippen molar-refractivity contribution in [1.82, 2.24) is 10.2 Å². The Balaban J connectivity index is 1.52. The number of phenols is 1. The molecule has 30 heavy (non-hydrogen) atoms. The Morgan fingerprint density at radius 2 is 1.90 bits per heavy atom. The van der Waals surface area contributed by atoms with Gasteiger partial charge in [0.15, 0.2) is 11.1 Å². The minimum absolute atomic E-state index is 0.00706. The molecule has 2 aromatic carbocycles. The highest BCUT2D eigenvalue weighted by Crippen LogP contribution is 2.30. The molecule has 4 rings (SSSR count).